The fraction of sp³-hybridized carbons (Fsp3) is 0.400. The lowest BCUT2D eigenvalue weighted by Gasteiger charge is -2.30. The number of carbonyl (C=O) groups is 1. The Kier molecular flexibility index (Phi) is 4.40. The SMILES string of the molecule is CN1CCC(n2nccc2NC(=O)c2ccncc2Cl)CC1. The first kappa shape index (κ1) is 15.0. The number of aromatic nitrogens is 3. The lowest BCUT2D eigenvalue weighted by atomic mass is 10.1. The van der Waals surface area contributed by atoms with Crippen molar-refractivity contribution in [3.05, 3.63) is 41.3 Å². The van der Waals surface area contributed by atoms with Gasteiger partial charge < -0.3 is 10.2 Å². The van der Waals surface area contributed by atoms with E-state index in [4.69, 9.17) is 11.6 Å². The standard InChI is InChI=1S/C15H18ClN5O/c1-20-8-4-11(5-9-20)21-14(3-7-18-21)19-15(22)12-2-6-17-10-13(12)16/h2-3,6-7,10-11H,4-5,8-9H2,1H3,(H,19,22). The van der Waals surface area contributed by atoms with Gasteiger partial charge in [0, 0.05) is 18.5 Å². The molecule has 22 heavy (non-hydrogen) atoms. The Labute approximate surface area is 134 Å². The molecule has 0 radical (unpaired) electrons. The van der Waals surface area contributed by atoms with Crippen molar-refractivity contribution in [1.29, 1.82) is 0 Å². The molecule has 0 atom stereocenters. The molecule has 7 heteroatoms. The van der Waals surface area contributed by atoms with Crippen molar-refractivity contribution in [2.45, 2.75) is 18.9 Å². The van der Waals surface area contributed by atoms with Crippen LogP contribution >= 0.6 is 11.6 Å². The van der Waals surface area contributed by atoms with Gasteiger partial charge in [-0.05, 0) is 39.0 Å². The first-order valence-electron chi connectivity index (χ1n) is 7.28. The summed E-state index contributed by atoms with van der Waals surface area (Å²) in [5.41, 5.74) is 0.410. The number of hydrogen-bond acceptors (Lipinski definition) is 4. The summed E-state index contributed by atoms with van der Waals surface area (Å²) in [4.78, 5) is 18.5. The topological polar surface area (TPSA) is 63.1 Å². The second-order valence-electron chi connectivity index (χ2n) is 5.51. The van der Waals surface area contributed by atoms with E-state index in [9.17, 15) is 4.79 Å². The van der Waals surface area contributed by atoms with Crippen molar-refractivity contribution in [3.63, 3.8) is 0 Å². The number of rotatable bonds is 3. The number of anilines is 1. The zero-order valence-corrected chi connectivity index (χ0v) is 13.1. The molecule has 0 aliphatic carbocycles. The molecule has 1 aliphatic heterocycles. The number of nitrogens with zero attached hydrogens (tertiary/aromatic N) is 4. The van der Waals surface area contributed by atoms with E-state index in [0.29, 0.717) is 22.4 Å². The summed E-state index contributed by atoms with van der Waals surface area (Å²) in [7, 11) is 2.12. The van der Waals surface area contributed by atoms with Gasteiger partial charge >= 0.3 is 0 Å². The van der Waals surface area contributed by atoms with E-state index < -0.39 is 0 Å². The summed E-state index contributed by atoms with van der Waals surface area (Å²) in [6.07, 6.45) is 6.77. The van der Waals surface area contributed by atoms with Crippen molar-refractivity contribution in [3.8, 4) is 0 Å². The lowest BCUT2D eigenvalue weighted by Crippen LogP contribution is -2.32. The minimum absolute atomic E-state index is 0.248. The molecule has 116 valence electrons. The lowest BCUT2D eigenvalue weighted by molar-refractivity contribution is 0.102. The highest BCUT2D eigenvalue weighted by Gasteiger charge is 2.22. The first-order valence-corrected chi connectivity index (χ1v) is 7.66. The van der Waals surface area contributed by atoms with Crippen LogP contribution in [0.25, 0.3) is 0 Å². The highest BCUT2D eigenvalue weighted by atomic mass is 35.5. The highest BCUT2D eigenvalue weighted by molar-refractivity contribution is 6.34. The van der Waals surface area contributed by atoms with Crippen molar-refractivity contribution < 1.29 is 4.79 Å². The molecule has 2 aromatic rings. The minimum Gasteiger partial charge on any atom is -0.307 e. The normalized spacial score (nSPS) is 16.6. The van der Waals surface area contributed by atoms with Gasteiger partial charge in [0.1, 0.15) is 5.82 Å². The first-order chi connectivity index (χ1) is 10.6. The van der Waals surface area contributed by atoms with Crippen LogP contribution in [-0.2, 0) is 0 Å². The van der Waals surface area contributed by atoms with Crippen LogP contribution < -0.4 is 5.32 Å². The second-order valence-corrected chi connectivity index (χ2v) is 5.91. The quantitative estimate of drug-likeness (QED) is 0.944. The molecule has 0 spiro atoms. The van der Waals surface area contributed by atoms with E-state index in [1.165, 1.54) is 6.20 Å². The predicted molar refractivity (Wildman–Crippen MR) is 85.2 cm³/mol. The third-order valence-corrected chi connectivity index (χ3v) is 4.26. The molecule has 3 rings (SSSR count). The molecule has 1 fully saturated rings. The number of carbonyl (C=O) groups excluding carboxylic acids is 1. The van der Waals surface area contributed by atoms with E-state index in [1.54, 1.807) is 18.5 Å². The molecule has 0 saturated carbocycles. The number of pyridine rings is 1. The summed E-state index contributed by atoms with van der Waals surface area (Å²) in [5.74, 6) is 0.453. The molecule has 2 aromatic heterocycles. The van der Waals surface area contributed by atoms with Crippen molar-refractivity contribution in [2.24, 2.45) is 0 Å². The van der Waals surface area contributed by atoms with Gasteiger partial charge in [0.05, 0.1) is 22.8 Å². The van der Waals surface area contributed by atoms with Gasteiger partial charge in [-0.3, -0.25) is 9.78 Å². The van der Waals surface area contributed by atoms with Gasteiger partial charge in [-0.1, -0.05) is 11.6 Å². The zero-order chi connectivity index (χ0) is 15.5. The van der Waals surface area contributed by atoms with Crippen LogP contribution in [0.2, 0.25) is 5.02 Å². The van der Waals surface area contributed by atoms with Crippen LogP contribution in [0.1, 0.15) is 29.2 Å². The van der Waals surface area contributed by atoms with Crippen molar-refractivity contribution in [2.75, 3.05) is 25.5 Å². The van der Waals surface area contributed by atoms with Crippen LogP contribution in [0.15, 0.2) is 30.7 Å². The van der Waals surface area contributed by atoms with Crippen LogP contribution in [0.3, 0.4) is 0 Å². The maximum absolute atomic E-state index is 12.3. The third kappa shape index (κ3) is 3.13. The van der Waals surface area contributed by atoms with Gasteiger partial charge in [0.25, 0.3) is 5.91 Å². The molecule has 1 amide bonds. The molecular formula is C15H18ClN5O. The number of piperidine rings is 1. The maximum Gasteiger partial charge on any atom is 0.258 e. The molecule has 1 N–H and O–H groups in total. The average Bonchev–Trinajstić information content (AvgIpc) is 2.96. The number of halogens is 1. The Balaban J connectivity index is 1.75. The smallest absolute Gasteiger partial charge is 0.258 e. The summed E-state index contributed by atoms with van der Waals surface area (Å²) < 4.78 is 1.90. The molecule has 0 bridgehead atoms. The summed E-state index contributed by atoms with van der Waals surface area (Å²) in [6.45, 7) is 2.07. The molecule has 6 nitrogen and oxygen atoms in total. The van der Waals surface area contributed by atoms with Crippen LogP contribution in [0.5, 0.6) is 0 Å². The Morgan fingerprint density at radius 2 is 2.09 bits per heavy atom. The van der Waals surface area contributed by atoms with Gasteiger partial charge in [-0.2, -0.15) is 5.10 Å². The second kappa shape index (κ2) is 6.46. The van der Waals surface area contributed by atoms with Gasteiger partial charge in [-0.15, -0.1) is 0 Å². The molecule has 1 aliphatic rings. The molecular weight excluding hydrogens is 302 g/mol. The van der Waals surface area contributed by atoms with E-state index in [2.05, 4.69) is 27.3 Å². The fourth-order valence-corrected chi connectivity index (χ4v) is 2.89. The van der Waals surface area contributed by atoms with Gasteiger partial charge in [0.15, 0.2) is 0 Å². The van der Waals surface area contributed by atoms with Crippen LogP contribution in [-0.4, -0.2) is 45.7 Å². The summed E-state index contributed by atoms with van der Waals surface area (Å²) >= 11 is 6.01. The van der Waals surface area contributed by atoms with E-state index in [-0.39, 0.29) is 5.91 Å². The summed E-state index contributed by atoms with van der Waals surface area (Å²) in [6, 6.07) is 3.73. The van der Waals surface area contributed by atoms with E-state index in [0.717, 1.165) is 25.9 Å². The fourth-order valence-electron chi connectivity index (χ4n) is 2.69. The monoisotopic (exact) mass is 319 g/mol. The van der Waals surface area contributed by atoms with Crippen LogP contribution in [0, 0.1) is 0 Å². The Morgan fingerprint density at radius 1 is 1.32 bits per heavy atom. The van der Waals surface area contributed by atoms with Gasteiger partial charge in [0.2, 0.25) is 0 Å². The van der Waals surface area contributed by atoms with E-state index >= 15 is 0 Å². The number of likely N-dealkylation sites (tertiary alicyclic amines) is 1. The minimum atomic E-state index is -0.248. The summed E-state index contributed by atoms with van der Waals surface area (Å²) in [5, 5.41) is 7.60. The molecule has 0 unspecified atom stereocenters. The molecule has 0 aromatic carbocycles. The Bertz CT molecular complexity index is 663. The molecule has 3 heterocycles. The molecule has 1 saturated heterocycles. The van der Waals surface area contributed by atoms with Gasteiger partial charge in [-0.25, -0.2) is 4.68 Å². The number of nitrogens with one attached hydrogen (secondary N) is 1. The largest absolute Gasteiger partial charge is 0.307 e. The van der Waals surface area contributed by atoms with Crippen molar-refractivity contribution >= 4 is 23.3 Å². The van der Waals surface area contributed by atoms with E-state index in [1.807, 2.05) is 10.7 Å². The van der Waals surface area contributed by atoms with Crippen LogP contribution in [0.4, 0.5) is 5.82 Å². The maximum atomic E-state index is 12.3. The highest BCUT2D eigenvalue weighted by Crippen LogP contribution is 2.25. The zero-order valence-electron chi connectivity index (χ0n) is 12.4. The Hall–Kier alpha value is -1.92. The third-order valence-electron chi connectivity index (χ3n) is 3.96. The Morgan fingerprint density at radius 3 is 2.82 bits per heavy atom. The average molecular weight is 320 g/mol. The predicted octanol–water partition coefficient (Wildman–Crippen LogP) is 2.45. The number of hydrogen-bond donors (Lipinski definition) is 1. The van der Waals surface area contributed by atoms with Crippen molar-refractivity contribution in [1.82, 2.24) is 19.7 Å². The number of amides is 1.